The molecule has 2 aromatic rings. The third-order valence-electron chi connectivity index (χ3n) is 5.70. The minimum atomic E-state index is -5.01. The van der Waals surface area contributed by atoms with Crippen LogP contribution in [0.25, 0.3) is 0 Å². The number of hydrogen-bond acceptors (Lipinski definition) is 4. The minimum Gasteiger partial charge on any atom is -0.466 e. The number of rotatable bonds is 8. The van der Waals surface area contributed by atoms with Crippen molar-refractivity contribution in [2.45, 2.75) is 52.6 Å². The number of carbonyl (C=O) groups is 2. The van der Waals surface area contributed by atoms with Gasteiger partial charge < -0.3 is 9.64 Å². The predicted octanol–water partition coefficient (Wildman–Crippen LogP) is 5.09. The molecule has 0 spiro atoms. The summed E-state index contributed by atoms with van der Waals surface area (Å²) in [4.78, 5) is 26.6. The van der Waals surface area contributed by atoms with Gasteiger partial charge in [0, 0.05) is 19.6 Å². The fourth-order valence-corrected chi connectivity index (χ4v) is 3.94. The first-order valence-electron chi connectivity index (χ1n) is 11.0. The number of nitrogens with zero attached hydrogens (tertiary/aromatic N) is 3. The van der Waals surface area contributed by atoms with Crippen LogP contribution in [0.4, 0.5) is 26.3 Å². The molecule has 1 saturated carbocycles. The van der Waals surface area contributed by atoms with E-state index in [1.54, 1.807) is 20.8 Å². The molecular weight excluding hydrogens is 480 g/mol. The molecule has 2 atom stereocenters. The molecule has 192 valence electrons. The van der Waals surface area contributed by atoms with Crippen LogP contribution in [0.5, 0.6) is 0 Å². The Balaban J connectivity index is 1.96. The molecule has 35 heavy (non-hydrogen) atoms. The van der Waals surface area contributed by atoms with E-state index in [0.29, 0.717) is 30.8 Å². The molecule has 1 amide bonds. The predicted molar refractivity (Wildman–Crippen MR) is 112 cm³/mol. The number of ether oxygens (including phenoxy) is 1. The summed E-state index contributed by atoms with van der Waals surface area (Å²) in [6.45, 7) is 5.01. The molecule has 12 heteroatoms. The molecule has 6 nitrogen and oxygen atoms in total. The number of halogens is 6. The van der Waals surface area contributed by atoms with Gasteiger partial charge in [0.2, 0.25) is 0 Å². The van der Waals surface area contributed by atoms with Gasteiger partial charge in [-0.15, -0.1) is 0 Å². The highest BCUT2D eigenvalue weighted by atomic mass is 19.4. The summed E-state index contributed by atoms with van der Waals surface area (Å²) in [5.74, 6) is -1.84. The van der Waals surface area contributed by atoms with Gasteiger partial charge in [0.1, 0.15) is 5.69 Å². The Morgan fingerprint density at radius 2 is 1.66 bits per heavy atom. The normalized spacial score (nSPS) is 17.9. The molecule has 0 aliphatic heterocycles. The van der Waals surface area contributed by atoms with Crippen LogP contribution in [0.15, 0.2) is 24.3 Å². The number of aryl methyl sites for hydroxylation is 2. The number of amides is 1. The fraction of sp³-hybridized carbons (Fsp3) is 0.522. The highest BCUT2D eigenvalue weighted by Gasteiger charge is 2.46. The van der Waals surface area contributed by atoms with Crippen molar-refractivity contribution in [3.63, 3.8) is 0 Å². The van der Waals surface area contributed by atoms with Crippen LogP contribution < -0.4 is 0 Å². The average molecular weight is 505 g/mol. The number of aromatic nitrogens is 2. The van der Waals surface area contributed by atoms with Gasteiger partial charge in [0.15, 0.2) is 0 Å². The standard InChI is InChI=1S/C23H25F6N3O3/c1-4-32-19(6-13(3)30-32)20(33)31(12-15-9-18(15)21(34)35-5-2)11-14-7-16(22(24,25)26)10-17(8-14)23(27,28)29/h6-8,10,15,18H,4-5,9,11-12H2,1-3H3. The Hall–Kier alpha value is -3.05. The second kappa shape index (κ2) is 9.90. The van der Waals surface area contributed by atoms with Crippen LogP contribution in [0, 0.1) is 18.8 Å². The highest BCUT2D eigenvalue weighted by molar-refractivity contribution is 5.93. The van der Waals surface area contributed by atoms with Crippen LogP contribution in [0.3, 0.4) is 0 Å². The van der Waals surface area contributed by atoms with Crippen molar-refractivity contribution in [2.75, 3.05) is 13.2 Å². The molecule has 0 saturated heterocycles. The molecule has 0 radical (unpaired) electrons. The monoisotopic (exact) mass is 505 g/mol. The van der Waals surface area contributed by atoms with E-state index in [1.807, 2.05) is 0 Å². The topological polar surface area (TPSA) is 64.4 Å². The average Bonchev–Trinajstić information content (AvgIpc) is 3.43. The van der Waals surface area contributed by atoms with Crippen LogP contribution >= 0.6 is 0 Å². The largest absolute Gasteiger partial charge is 0.466 e. The first kappa shape index (κ1) is 26.6. The van der Waals surface area contributed by atoms with Crippen molar-refractivity contribution in [1.82, 2.24) is 14.7 Å². The summed E-state index contributed by atoms with van der Waals surface area (Å²) < 4.78 is 86.3. The van der Waals surface area contributed by atoms with E-state index in [1.165, 1.54) is 15.6 Å². The molecule has 1 aliphatic rings. The molecule has 1 aromatic carbocycles. The van der Waals surface area contributed by atoms with Gasteiger partial charge in [-0.3, -0.25) is 14.3 Å². The van der Waals surface area contributed by atoms with Crippen molar-refractivity contribution < 1.29 is 40.7 Å². The first-order chi connectivity index (χ1) is 16.2. The molecule has 1 fully saturated rings. The van der Waals surface area contributed by atoms with E-state index in [2.05, 4.69) is 5.10 Å². The van der Waals surface area contributed by atoms with Crippen LogP contribution in [0.2, 0.25) is 0 Å². The minimum absolute atomic E-state index is 0.0339. The summed E-state index contributed by atoms with van der Waals surface area (Å²) in [6.07, 6.45) is -9.60. The van der Waals surface area contributed by atoms with E-state index in [9.17, 15) is 35.9 Å². The van der Waals surface area contributed by atoms with E-state index >= 15 is 0 Å². The maximum Gasteiger partial charge on any atom is 0.416 e. The Labute approximate surface area is 197 Å². The lowest BCUT2D eigenvalue weighted by Gasteiger charge is -2.24. The summed E-state index contributed by atoms with van der Waals surface area (Å²) in [5.41, 5.74) is -2.56. The number of benzene rings is 1. The lowest BCUT2D eigenvalue weighted by atomic mass is 10.0. The second-order valence-corrected chi connectivity index (χ2v) is 8.44. The lowest BCUT2D eigenvalue weighted by Crippen LogP contribution is -2.34. The molecule has 2 unspecified atom stereocenters. The van der Waals surface area contributed by atoms with Gasteiger partial charge in [-0.1, -0.05) is 0 Å². The van der Waals surface area contributed by atoms with E-state index < -0.39 is 47.8 Å². The maximum absolute atomic E-state index is 13.4. The van der Waals surface area contributed by atoms with Crippen LogP contribution in [0.1, 0.15) is 53.1 Å². The molecule has 1 heterocycles. The first-order valence-corrected chi connectivity index (χ1v) is 11.0. The summed E-state index contributed by atoms with van der Waals surface area (Å²) >= 11 is 0. The summed E-state index contributed by atoms with van der Waals surface area (Å²) in [5, 5.41) is 4.19. The van der Waals surface area contributed by atoms with Gasteiger partial charge in [-0.2, -0.15) is 31.4 Å². The van der Waals surface area contributed by atoms with E-state index in [4.69, 9.17) is 4.74 Å². The van der Waals surface area contributed by atoms with Crippen molar-refractivity contribution in [3.8, 4) is 0 Å². The van der Waals surface area contributed by atoms with Gasteiger partial charge in [-0.05, 0) is 62.9 Å². The van der Waals surface area contributed by atoms with E-state index in [0.717, 1.165) is 0 Å². The molecule has 1 aromatic heterocycles. The zero-order valence-corrected chi connectivity index (χ0v) is 19.3. The number of carbonyl (C=O) groups excluding carboxylic acids is 2. The Morgan fingerprint density at radius 3 is 2.17 bits per heavy atom. The number of hydrogen-bond donors (Lipinski definition) is 0. The Bertz CT molecular complexity index is 1060. The van der Waals surface area contributed by atoms with Crippen molar-refractivity contribution in [2.24, 2.45) is 11.8 Å². The third-order valence-corrected chi connectivity index (χ3v) is 5.70. The van der Waals surface area contributed by atoms with Gasteiger partial charge in [0.25, 0.3) is 5.91 Å². The molecule has 0 N–H and O–H groups in total. The van der Waals surface area contributed by atoms with Crippen LogP contribution in [-0.2, 0) is 35.0 Å². The number of alkyl halides is 6. The third kappa shape index (κ3) is 6.34. The SMILES string of the molecule is CCOC(=O)C1CC1CN(Cc1cc(C(F)(F)F)cc(C(F)(F)F)c1)C(=O)c1cc(C)nn1CC. The number of esters is 1. The summed E-state index contributed by atoms with van der Waals surface area (Å²) in [6, 6.07) is 2.76. The van der Waals surface area contributed by atoms with Gasteiger partial charge in [0.05, 0.1) is 29.3 Å². The quantitative estimate of drug-likeness (QED) is 0.370. The van der Waals surface area contributed by atoms with Gasteiger partial charge >= 0.3 is 18.3 Å². The maximum atomic E-state index is 13.4. The Morgan fingerprint density at radius 1 is 1.06 bits per heavy atom. The Kier molecular flexibility index (Phi) is 7.51. The fourth-order valence-electron chi connectivity index (χ4n) is 3.94. The molecule has 1 aliphatic carbocycles. The highest BCUT2D eigenvalue weighted by Crippen LogP contribution is 2.41. The van der Waals surface area contributed by atoms with Crippen LogP contribution in [-0.4, -0.2) is 39.7 Å². The molecular formula is C23H25F6N3O3. The van der Waals surface area contributed by atoms with Crippen molar-refractivity contribution >= 4 is 11.9 Å². The van der Waals surface area contributed by atoms with Gasteiger partial charge in [-0.25, -0.2) is 0 Å². The molecule has 0 bridgehead atoms. The van der Waals surface area contributed by atoms with E-state index in [-0.39, 0.29) is 36.4 Å². The van der Waals surface area contributed by atoms with Crippen molar-refractivity contribution in [1.29, 1.82) is 0 Å². The lowest BCUT2D eigenvalue weighted by molar-refractivity contribution is -0.145. The van der Waals surface area contributed by atoms with Crippen molar-refractivity contribution in [3.05, 3.63) is 52.3 Å². The second-order valence-electron chi connectivity index (χ2n) is 8.44. The summed E-state index contributed by atoms with van der Waals surface area (Å²) in [7, 11) is 0. The smallest absolute Gasteiger partial charge is 0.416 e. The zero-order valence-electron chi connectivity index (χ0n) is 19.3. The zero-order chi connectivity index (χ0) is 26.1. The molecule has 3 rings (SSSR count).